The molecule has 180 valence electrons. The first kappa shape index (κ1) is 23.5. The number of sulfonamides is 2. The first-order valence-corrected chi connectivity index (χ1v) is 13.9. The number of hydrogen-bond donors (Lipinski definition) is 1. The van der Waals surface area contributed by atoms with Gasteiger partial charge in [-0.15, -0.1) is 0 Å². The molecule has 0 atom stereocenters. The Labute approximate surface area is 207 Å². The van der Waals surface area contributed by atoms with Gasteiger partial charge in [-0.25, -0.2) is 21.1 Å². The van der Waals surface area contributed by atoms with Gasteiger partial charge in [-0.05, 0) is 60.7 Å². The molecule has 1 fully saturated rings. The van der Waals surface area contributed by atoms with Crippen molar-refractivity contribution >= 4 is 53.9 Å². The number of anilines is 2. The summed E-state index contributed by atoms with van der Waals surface area (Å²) in [6.45, 7) is 0.0149. The largest absolute Gasteiger partial charge is 0.359 e. The first-order chi connectivity index (χ1) is 16.7. The average Bonchev–Trinajstić information content (AvgIpc) is 2.85. The van der Waals surface area contributed by atoms with Crippen LogP contribution in [0.4, 0.5) is 11.4 Å². The van der Waals surface area contributed by atoms with Crippen molar-refractivity contribution in [3.63, 3.8) is 0 Å². The van der Waals surface area contributed by atoms with Crippen LogP contribution < -0.4 is 9.03 Å². The van der Waals surface area contributed by atoms with E-state index in [1.54, 1.807) is 42.7 Å². The van der Waals surface area contributed by atoms with Crippen LogP contribution in [0.1, 0.15) is 0 Å². The van der Waals surface area contributed by atoms with Crippen LogP contribution >= 0.6 is 11.6 Å². The quantitative estimate of drug-likeness (QED) is 0.416. The predicted octanol–water partition coefficient (Wildman–Crippen LogP) is 3.87. The van der Waals surface area contributed by atoms with Crippen LogP contribution in [0.3, 0.4) is 0 Å². The zero-order chi connectivity index (χ0) is 24.6. The molecule has 2 aromatic carbocycles. The second-order valence-corrected chi connectivity index (χ2v) is 11.8. The number of halogens is 1. The lowest BCUT2D eigenvalue weighted by molar-refractivity contribution is 0.149. The Hall–Kier alpha value is -3.25. The van der Waals surface area contributed by atoms with Crippen LogP contribution in [0.25, 0.3) is 22.2 Å². The van der Waals surface area contributed by atoms with Gasteiger partial charge >= 0.3 is 0 Å². The fraction of sp³-hybridized carbons (Fsp3) is 0.130. The number of ether oxygens (including phenoxy) is 1. The summed E-state index contributed by atoms with van der Waals surface area (Å²) in [6, 6.07) is 15.8. The van der Waals surface area contributed by atoms with Gasteiger partial charge in [0.05, 0.1) is 39.2 Å². The lowest BCUT2D eigenvalue weighted by atomic mass is 10.1. The number of hydrogen-bond acceptors (Lipinski definition) is 7. The van der Waals surface area contributed by atoms with Crippen LogP contribution in [0, 0.1) is 0 Å². The number of rotatable bonds is 5. The Morgan fingerprint density at radius 2 is 1.80 bits per heavy atom. The van der Waals surface area contributed by atoms with Gasteiger partial charge in [-0.1, -0.05) is 11.6 Å². The molecule has 4 aromatic rings. The third-order valence-corrected chi connectivity index (χ3v) is 8.87. The molecule has 1 aliphatic heterocycles. The molecule has 0 bridgehead atoms. The van der Waals surface area contributed by atoms with Crippen molar-refractivity contribution in [2.24, 2.45) is 0 Å². The zero-order valence-corrected chi connectivity index (χ0v) is 20.5. The summed E-state index contributed by atoms with van der Waals surface area (Å²) < 4.78 is 59.5. The van der Waals surface area contributed by atoms with E-state index in [2.05, 4.69) is 14.7 Å². The average molecular weight is 531 g/mol. The molecule has 5 rings (SSSR count). The highest BCUT2D eigenvalue weighted by Crippen LogP contribution is 2.34. The van der Waals surface area contributed by atoms with Crippen molar-refractivity contribution in [2.45, 2.75) is 4.90 Å². The lowest BCUT2D eigenvalue weighted by Crippen LogP contribution is -2.41. The number of aromatic nitrogens is 2. The highest BCUT2D eigenvalue weighted by molar-refractivity contribution is 7.93. The number of nitrogens with zero attached hydrogens (tertiary/aromatic N) is 3. The molecular weight excluding hydrogens is 512 g/mol. The van der Waals surface area contributed by atoms with E-state index in [4.69, 9.17) is 16.3 Å². The standard InChI is InChI=1S/C23H19ClN4O5S2/c24-21-8-3-16(14-20(21)23-19-2-1-10-25-22(19)9-11-26-23)27-35(31,32)18-6-4-17(5-7-18)28-15-33-12-13-34(28,29)30/h1-11,14,27H,12-13,15H2. The van der Waals surface area contributed by atoms with Crippen molar-refractivity contribution in [2.75, 3.05) is 28.1 Å². The van der Waals surface area contributed by atoms with Crippen molar-refractivity contribution in [1.29, 1.82) is 0 Å². The van der Waals surface area contributed by atoms with Gasteiger partial charge in [0.25, 0.3) is 10.0 Å². The smallest absolute Gasteiger partial charge is 0.261 e. The van der Waals surface area contributed by atoms with E-state index in [0.29, 0.717) is 27.7 Å². The van der Waals surface area contributed by atoms with E-state index in [1.807, 2.05) is 6.07 Å². The molecule has 0 unspecified atom stereocenters. The summed E-state index contributed by atoms with van der Waals surface area (Å²) in [6.07, 6.45) is 3.30. The minimum atomic E-state index is -3.97. The van der Waals surface area contributed by atoms with Crippen LogP contribution in [0.15, 0.2) is 78.0 Å². The van der Waals surface area contributed by atoms with Gasteiger partial charge in [0.2, 0.25) is 10.0 Å². The van der Waals surface area contributed by atoms with Crippen LogP contribution in [-0.4, -0.2) is 45.9 Å². The summed E-state index contributed by atoms with van der Waals surface area (Å²) in [7, 11) is -7.47. The Morgan fingerprint density at radius 3 is 2.57 bits per heavy atom. The third kappa shape index (κ3) is 4.67. The van der Waals surface area contributed by atoms with E-state index >= 15 is 0 Å². The fourth-order valence-corrected chi connectivity index (χ4v) is 6.21. The van der Waals surface area contributed by atoms with Gasteiger partial charge in [0, 0.05) is 29.0 Å². The molecule has 3 heterocycles. The molecular formula is C23H19ClN4O5S2. The predicted molar refractivity (Wildman–Crippen MR) is 134 cm³/mol. The molecule has 2 aromatic heterocycles. The number of nitrogens with one attached hydrogen (secondary N) is 1. The normalized spacial score (nSPS) is 15.7. The van der Waals surface area contributed by atoms with E-state index in [-0.39, 0.29) is 24.0 Å². The molecule has 35 heavy (non-hydrogen) atoms. The van der Waals surface area contributed by atoms with Gasteiger partial charge in [0.15, 0.2) is 0 Å². The minimum absolute atomic E-state index is 0.0273. The fourth-order valence-electron chi connectivity index (χ4n) is 3.73. The lowest BCUT2D eigenvalue weighted by Gasteiger charge is -2.28. The van der Waals surface area contributed by atoms with Crippen molar-refractivity contribution < 1.29 is 21.6 Å². The van der Waals surface area contributed by atoms with E-state index < -0.39 is 20.0 Å². The summed E-state index contributed by atoms with van der Waals surface area (Å²) in [5.74, 6) is -0.130. The molecule has 0 spiro atoms. The second kappa shape index (κ2) is 9.08. The summed E-state index contributed by atoms with van der Waals surface area (Å²) in [4.78, 5) is 8.73. The molecule has 1 aliphatic rings. The monoisotopic (exact) mass is 530 g/mol. The maximum atomic E-state index is 13.0. The highest BCUT2D eigenvalue weighted by Gasteiger charge is 2.27. The Morgan fingerprint density at radius 1 is 1.00 bits per heavy atom. The van der Waals surface area contributed by atoms with Crippen LogP contribution in [-0.2, 0) is 24.8 Å². The SMILES string of the molecule is O=S(=O)(Nc1ccc(Cl)c(-c2nccc3ncccc23)c1)c1ccc(N2COCCS2(=O)=O)cc1. The molecule has 0 aliphatic carbocycles. The number of benzene rings is 2. The number of fused-ring (bicyclic) bond motifs is 1. The van der Waals surface area contributed by atoms with Crippen molar-refractivity contribution in [3.8, 4) is 11.3 Å². The summed E-state index contributed by atoms with van der Waals surface area (Å²) >= 11 is 6.43. The molecule has 0 radical (unpaired) electrons. The van der Waals surface area contributed by atoms with E-state index in [9.17, 15) is 16.8 Å². The van der Waals surface area contributed by atoms with E-state index in [1.165, 1.54) is 24.3 Å². The second-order valence-electron chi connectivity index (χ2n) is 7.73. The first-order valence-electron chi connectivity index (χ1n) is 10.5. The molecule has 0 saturated carbocycles. The Bertz CT molecular complexity index is 1620. The third-order valence-electron chi connectivity index (χ3n) is 5.47. The van der Waals surface area contributed by atoms with Crippen LogP contribution in [0.2, 0.25) is 5.02 Å². The zero-order valence-electron chi connectivity index (χ0n) is 18.1. The van der Waals surface area contributed by atoms with Gasteiger partial charge in [-0.3, -0.25) is 14.7 Å². The maximum absolute atomic E-state index is 13.0. The molecule has 12 heteroatoms. The van der Waals surface area contributed by atoms with Gasteiger partial charge < -0.3 is 4.74 Å². The molecule has 0 amide bonds. The van der Waals surface area contributed by atoms with Crippen molar-refractivity contribution in [3.05, 3.63) is 78.1 Å². The van der Waals surface area contributed by atoms with Gasteiger partial charge in [0.1, 0.15) is 6.73 Å². The van der Waals surface area contributed by atoms with Crippen molar-refractivity contribution in [1.82, 2.24) is 9.97 Å². The summed E-state index contributed by atoms with van der Waals surface area (Å²) in [5, 5.41) is 1.19. The highest BCUT2D eigenvalue weighted by atomic mass is 35.5. The van der Waals surface area contributed by atoms with Crippen LogP contribution in [0.5, 0.6) is 0 Å². The Balaban J connectivity index is 1.44. The molecule has 1 saturated heterocycles. The summed E-state index contributed by atoms with van der Waals surface area (Å²) in [5.41, 5.74) is 2.49. The molecule has 9 nitrogen and oxygen atoms in total. The minimum Gasteiger partial charge on any atom is -0.359 e. The topological polar surface area (TPSA) is 119 Å². The Kier molecular flexibility index (Phi) is 6.09. The number of pyridine rings is 2. The maximum Gasteiger partial charge on any atom is 0.261 e. The van der Waals surface area contributed by atoms with Gasteiger partial charge in [-0.2, -0.15) is 0 Å². The van der Waals surface area contributed by atoms with E-state index in [0.717, 1.165) is 15.2 Å². The molecule has 1 N–H and O–H groups in total.